The minimum absolute atomic E-state index is 0.0569. The van der Waals surface area contributed by atoms with E-state index in [4.69, 9.17) is 11.6 Å². The van der Waals surface area contributed by atoms with E-state index >= 15 is 0 Å². The number of halogens is 1. The molecule has 1 saturated heterocycles. The van der Waals surface area contributed by atoms with Crippen molar-refractivity contribution in [3.8, 4) is 0 Å². The number of amides is 1. The highest BCUT2D eigenvalue weighted by Crippen LogP contribution is 2.06. The zero-order chi connectivity index (χ0) is 7.56. The maximum Gasteiger partial charge on any atom is 0.220 e. The largest absolute Gasteiger partial charge is 0.324 e. The van der Waals surface area contributed by atoms with Crippen LogP contribution in [-0.4, -0.2) is 35.9 Å². The Morgan fingerprint density at radius 1 is 1.80 bits per heavy atom. The van der Waals surface area contributed by atoms with Gasteiger partial charge in [0.05, 0.1) is 0 Å². The van der Waals surface area contributed by atoms with Crippen LogP contribution in [0.2, 0.25) is 0 Å². The highest BCUT2D eigenvalue weighted by atomic mass is 35.5. The highest BCUT2D eigenvalue weighted by Gasteiger charge is 2.20. The molecule has 0 spiro atoms. The van der Waals surface area contributed by atoms with Gasteiger partial charge in [-0.25, -0.2) is 0 Å². The second-order valence-corrected chi connectivity index (χ2v) is 2.85. The second kappa shape index (κ2) is 3.21. The van der Waals surface area contributed by atoms with Gasteiger partial charge in [0.2, 0.25) is 5.91 Å². The molecule has 0 aromatic heterocycles. The minimum Gasteiger partial charge on any atom is -0.324 e. The lowest BCUT2D eigenvalue weighted by Crippen LogP contribution is -2.50. The molecule has 0 aromatic carbocycles. The molecule has 1 aliphatic rings. The van der Waals surface area contributed by atoms with Crippen molar-refractivity contribution < 1.29 is 4.79 Å². The van der Waals surface area contributed by atoms with Crippen LogP contribution in [0.1, 0.15) is 6.92 Å². The summed E-state index contributed by atoms with van der Waals surface area (Å²) in [5.41, 5.74) is -0.161. The molecule has 1 aliphatic heterocycles. The van der Waals surface area contributed by atoms with Gasteiger partial charge in [0.1, 0.15) is 5.50 Å². The summed E-state index contributed by atoms with van der Waals surface area (Å²) >= 11 is 5.82. The summed E-state index contributed by atoms with van der Waals surface area (Å²) in [6.45, 7) is 3.81. The van der Waals surface area contributed by atoms with Crippen molar-refractivity contribution in [2.24, 2.45) is 0 Å². The number of hydrogen-bond acceptors (Lipinski definition) is 2. The van der Waals surface area contributed by atoms with Gasteiger partial charge in [0.25, 0.3) is 0 Å². The zero-order valence-corrected chi connectivity index (χ0v) is 6.69. The van der Waals surface area contributed by atoms with E-state index in [1.165, 1.54) is 0 Å². The fraction of sp³-hybridized carbons (Fsp3) is 0.833. The lowest BCUT2D eigenvalue weighted by atomic mass is 10.3. The molecule has 1 fully saturated rings. The van der Waals surface area contributed by atoms with Crippen LogP contribution >= 0.6 is 11.6 Å². The Kier molecular flexibility index (Phi) is 2.51. The van der Waals surface area contributed by atoms with Crippen LogP contribution in [0.15, 0.2) is 0 Å². The summed E-state index contributed by atoms with van der Waals surface area (Å²) in [6.07, 6.45) is 0. The predicted molar refractivity (Wildman–Crippen MR) is 39.9 cm³/mol. The molecule has 0 saturated carbocycles. The smallest absolute Gasteiger partial charge is 0.220 e. The molecule has 1 heterocycles. The van der Waals surface area contributed by atoms with Gasteiger partial charge in [0, 0.05) is 26.6 Å². The number of alkyl halides is 1. The van der Waals surface area contributed by atoms with Crippen molar-refractivity contribution in [3.63, 3.8) is 0 Å². The molecule has 1 unspecified atom stereocenters. The Balaban J connectivity index is 2.47. The van der Waals surface area contributed by atoms with Gasteiger partial charge in [-0.15, -0.1) is 0 Å². The number of nitrogens with one attached hydrogen (secondary N) is 1. The van der Waals surface area contributed by atoms with Crippen LogP contribution in [0.4, 0.5) is 0 Å². The fourth-order valence-corrected chi connectivity index (χ4v) is 1.37. The molecule has 10 heavy (non-hydrogen) atoms. The quantitative estimate of drug-likeness (QED) is 0.402. The summed E-state index contributed by atoms with van der Waals surface area (Å²) in [5, 5.41) is 3.09. The van der Waals surface area contributed by atoms with E-state index in [0.29, 0.717) is 6.54 Å². The first kappa shape index (κ1) is 7.82. The van der Waals surface area contributed by atoms with Crippen molar-refractivity contribution in [2.75, 3.05) is 19.6 Å². The number of nitrogens with zero attached hydrogens (tertiary/aromatic N) is 1. The number of rotatable bonds is 0. The highest BCUT2D eigenvalue weighted by molar-refractivity contribution is 6.21. The van der Waals surface area contributed by atoms with Crippen molar-refractivity contribution >= 4 is 17.5 Å². The van der Waals surface area contributed by atoms with E-state index in [2.05, 4.69) is 5.32 Å². The molecule has 58 valence electrons. The van der Waals surface area contributed by atoms with Crippen molar-refractivity contribution in [3.05, 3.63) is 0 Å². The summed E-state index contributed by atoms with van der Waals surface area (Å²) in [4.78, 5) is 12.5. The third-order valence-corrected chi connectivity index (χ3v) is 1.97. The first-order valence-corrected chi connectivity index (χ1v) is 3.77. The lowest BCUT2D eigenvalue weighted by Gasteiger charge is -2.31. The third kappa shape index (κ3) is 1.61. The molecular weight excluding hydrogens is 152 g/mol. The van der Waals surface area contributed by atoms with Gasteiger partial charge in [-0.2, -0.15) is 0 Å². The first-order chi connectivity index (χ1) is 4.72. The third-order valence-electron chi connectivity index (χ3n) is 1.58. The van der Waals surface area contributed by atoms with Gasteiger partial charge in [-0.05, 0) is 0 Å². The molecule has 0 aliphatic carbocycles. The van der Waals surface area contributed by atoms with E-state index in [9.17, 15) is 4.79 Å². The number of piperazine rings is 1. The van der Waals surface area contributed by atoms with Crippen LogP contribution < -0.4 is 5.32 Å². The summed E-state index contributed by atoms with van der Waals surface area (Å²) in [5.74, 6) is 0.0569. The van der Waals surface area contributed by atoms with E-state index in [1.807, 2.05) is 0 Å². The van der Waals surface area contributed by atoms with Gasteiger partial charge < -0.3 is 10.2 Å². The van der Waals surface area contributed by atoms with Crippen molar-refractivity contribution in [1.82, 2.24) is 10.2 Å². The Labute approximate surface area is 65.3 Å². The van der Waals surface area contributed by atoms with E-state index in [-0.39, 0.29) is 11.4 Å². The van der Waals surface area contributed by atoms with Crippen molar-refractivity contribution in [1.29, 1.82) is 0 Å². The van der Waals surface area contributed by atoms with E-state index in [1.54, 1.807) is 11.8 Å². The standard InChI is InChI=1S/C6H11ClN2O/c1-5(10)9-3-2-8-4-6(9)7/h6,8H,2-4H2,1H3. The maximum atomic E-state index is 10.8. The Hall–Kier alpha value is -0.280. The summed E-state index contributed by atoms with van der Waals surface area (Å²) in [6, 6.07) is 0. The topological polar surface area (TPSA) is 32.3 Å². The molecule has 3 nitrogen and oxygen atoms in total. The molecule has 4 heteroatoms. The van der Waals surface area contributed by atoms with Crippen LogP contribution in [0.5, 0.6) is 0 Å². The molecule has 1 amide bonds. The van der Waals surface area contributed by atoms with Crippen LogP contribution in [0, 0.1) is 0 Å². The van der Waals surface area contributed by atoms with Gasteiger partial charge >= 0.3 is 0 Å². The second-order valence-electron chi connectivity index (χ2n) is 2.35. The zero-order valence-electron chi connectivity index (χ0n) is 5.93. The minimum atomic E-state index is -0.161. The predicted octanol–water partition coefficient (Wildman–Crippen LogP) is 0.00300. The van der Waals surface area contributed by atoms with Crippen molar-refractivity contribution in [2.45, 2.75) is 12.4 Å². The first-order valence-electron chi connectivity index (χ1n) is 3.34. The SMILES string of the molecule is CC(=O)N1CCNCC1Cl. The molecular formula is C6H11ClN2O. The lowest BCUT2D eigenvalue weighted by molar-refractivity contribution is -0.130. The summed E-state index contributed by atoms with van der Waals surface area (Å²) < 4.78 is 0. The Morgan fingerprint density at radius 2 is 2.50 bits per heavy atom. The van der Waals surface area contributed by atoms with Crippen LogP contribution in [-0.2, 0) is 4.79 Å². The molecule has 0 aromatic rings. The average Bonchev–Trinajstić information content (AvgIpc) is 1.88. The van der Waals surface area contributed by atoms with Crippen LogP contribution in [0.3, 0.4) is 0 Å². The molecule has 1 rings (SSSR count). The Morgan fingerprint density at radius 3 is 2.90 bits per heavy atom. The molecule has 1 atom stereocenters. The van der Waals surface area contributed by atoms with Gasteiger partial charge in [-0.1, -0.05) is 11.6 Å². The summed E-state index contributed by atoms with van der Waals surface area (Å²) in [7, 11) is 0. The number of carbonyl (C=O) groups is 1. The normalized spacial score (nSPS) is 26.6. The fourth-order valence-electron chi connectivity index (χ4n) is 1.03. The molecule has 0 bridgehead atoms. The van der Waals surface area contributed by atoms with Gasteiger partial charge in [-0.3, -0.25) is 4.79 Å². The molecule has 1 N–H and O–H groups in total. The van der Waals surface area contributed by atoms with E-state index in [0.717, 1.165) is 13.1 Å². The van der Waals surface area contributed by atoms with Crippen LogP contribution in [0.25, 0.3) is 0 Å². The Bertz CT molecular complexity index is 140. The van der Waals surface area contributed by atoms with Gasteiger partial charge in [0.15, 0.2) is 0 Å². The average molecular weight is 163 g/mol. The number of hydrogen-bond donors (Lipinski definition) is 1. The molecule has 0 radical (unpaired) electrons. The monoisotopic (exact) mass is 162 g/mol. The number of carbonyl (C=O) groups excluding carboxylic acids is 1. The maximum absolute atomic E-state index is 10.8. The van der Waals surface area contributed by atoms with E-state index < -0.39 is 0 Å².